The molecule has 7 heteroatoms. The number of oxime groups is 1. The third-order valence-electron chi connectivity index (χ3n) is 4.68. The average Bonchev–Trinajstić information content (AvgIpc) is 3.17. The van der Waals surface area contributed by atoms with E-state index in [0.29, 0.717) is 18.2 Å². The topological polar surface area (TPSA) is 52.3 Å². The summed E-state index contributed by atoms with van der Waals surface area (Å²) in [6.45, 7) is 1.06. The van der Waals surface area contributed by atoms with E-state index < -0.39 is 0 Å². The van der Waals surface area contributed by atoms with Gasteiger partial charge in [0.1, 0.15) is 19.3 Å². The summed E-state index contributed by atoms with van der Waals surface area (Å²) in [6, 6.07) is 13.5. The number of fused-ring (bicyclic) bond motifs is 1. The first-order valence-corrected chi connectivity index (χ1v) is 9.51. The zero-order chi connectivity index (χ0) is 18.6. The maximum Gasteiger partial charge on any atom is 0.142 e. The summed E-state index contributed by atoms with van der Waals surface area (Å²) in [5.74, 6) is 0.178. The zero-order valence-corrected chi connectivity index (χ0v) is 16.1. The van der Waals surface area contributed by atoms with Gasteiger partial charge >= 0.3 is 0 Å². The van der Waals surface area contributed by atoms with Gasteiger partial charge in [0.25, 0.3) is 0 Å². The van der Waals surface area contributed by atoms with Crippen LogP contribution in [0.3, 0.4) is 0 Å². The van der Waals surface area contributed by atoms with Gasteiger partial charge in [0.15, 0.2) is 0 Å². The standard InChI is InChI=1S/C20H18Cl2N4O/c21-16-4-1-3-14(9-16)11-27-25-20-15(10-26-13-23-12-24-26)7-8-17-18(20)5-2-6-19(17)22/h1-6,9,12-13,15H,7-8,10-11H2/b25-20-. The molecule has 0 saturated carbocycles. The van der Waals surface area contributed by atoms with Crippen molar-refractivity contribution in [2.75, 3.05) is 0 Å². The van der Waals surface area contributed by atoms with Crippen LogP contribution in [0.4, 0.5) is 0 Å². The van der Waals surface area contributed by atoms with Crippen molar-refractivity contribution in [1.82, 2.24) is 14.8 Å². The molecule has 1 atom stereocenters. The Morgan fingerprint density at radius 3 is 2.89 bits per heavy atom. The van der Waals surface area contributed by atoms with Crippen LogP contribution in [0, 0.1) is 5.92 Å². The van der Waals surface area contributed by atoms with Crippen molar-refractivity contribution in [2.45, 2.75) is 26.0 Å². The lowest BCUT2D eigenvalue weighted by atomic mass is 9.82. The first-order valence-electron chi connectivity index (χ1n) is 8.75. The summed E-state index contributed by atoms with van der Waals surface area (Å²) in [5, 5.41) is 10.2. The number of hydrogen-bond acceptors (Lipinski definition) is 4. The highest BCUT2D eigenvalue weighted by Gasteiger charge is 2.28. The second-order valence-electron chi connectivity index (χ2n) is 6.50. The molecule has 1 aliphatic carbocycles. The second-order valence-corrected chi connectivity index (χ2v) is 7.34. The molecular weight excluding hydrogens is 383 g/mol. The Hall–Kier alpha value is -2.37. The number of rotatable bonds is 5. The molecule has 0 radical (unpaired) electrons. The predicted octanol–water partition coefficient (Wildman–Crippen LogP) is 4.77. The molecular formula is C20H18Cl2N4O. The van der Waals surface area contributed by atoms with Crippen LogP contribution in [-0.2, 0) is 24.4 Å². The molecule has 138 valence electrons. The van der Waals surface area contributed by atoms with Gasteiger partial charge in [-0.25, -0.2) is 4.98 Å². The first kappa shape index (κ1) is 18.0. The molecule has 1 unspecified atom stereocenters. The van der Waals surface area contributed by atoms with Gasteiger partial charge in [-0.2, -0.15) is 5.10 Å². The molecule has 0 saturated heterocycles. The molecule has 2 aromatic carbocycles. The van der Waals surface area contributed by atoms with E-state index in [-0.39, 0.29) is 5.92 Å². The van der Waals surface area contributed by atoms with E-state index in [1.54, 1.807) is 12.7 Å². The van der Waals surface area contributed by atoms with Crippen LogP contribution in [0.5, 0.6) is 0 Å². The highest BCUT2D eigenvalue weighted by molar-refractivity contribution is 6.32. The minimum Gasteiger partial charge on any atom is -0.391 e. The molecule has 0 aliphatic heterocycles. The van der Waals surface area contributed by atoms with Crippen LogP contribution in [0.1, 0.15) is 23.1 Å². The maximum absolute atomic E-state index is 6.41. The summed E-state index contributed by atoms with van der Waals surface area (Å²) >= 11 is 12.4. The van der Waals surface area contributed by atoms with Gasteiger partial charge in [0.05, 0.1) is 12.3 Å². The van der Waals surface area contributed by atoms with Crippen molar-refractivity contribution in [1.29, 1.82) is 0 Å². The molecule has 0 fully saturated rings. The van der Waals surface area contributed by atoms with Crippen molar-refractivity contribution in [3.05, 3.63) is 81.9 Å². The molecule has 1 aromatic heterocycles. The van der Waals surface area contributed by atoms with Crippen LogP contribution in [0.15, 0.2) is 60.3 Å². The highest BCUT2D eigenvalue weighted by Crippen LogP contribution is 2.32. The summed E-state index contributed by atoms with van der Waals surface area (Å²) in [4.78, 5) is 9.73. The minimum absolute atomic E-state index is 0.178. The van der Waals surface area contributed by atoms with Crippen LogP contribution in [0.25, 0.3) is 0 Å². The Morgan fingerprint density at radius 2 is 2.07 bits per heavy atom. The third kappa shape index (κ3) is 4.15. The van der Waals surface area contributed by atoms with E-state index in [4.69, 9.17) is 28.0 Å². The predicted molar refractivity (Wildman–Crippen MR) is 106 cm³/mol. The molecule has 1 aliphatic rings. The number of halogens is 2. The number of aromatic nitrogens is 3. The van der Waals surface area contributed by atoms with Crippen LogP contribution in [-0.4, -0.2) is 20.5 Å². The van der Waals surface area contributed by atoms with E-state index in [9.17, 15) is 0 Å². The van der Waals surface area contributed by atoms with Crippen molar-refractivity contribution < 1.29 is 4.84 Å². The van der Waals surface area contributed by atoms with Gasteiger partial charge in [0.2, 0.25) is 0 Å². The van der Waals surface area contributed by atoms with Gasteiger partial charge in [-0.3, -0.25) is 4.68 Å². The number of nitrogens with zero attached hydrogens (tertiary/aromatic N) is 4. The Balaban J connectivity index is 1.60. The summed E-state index contributed by atoms with van der Waals surface area (Å²) in [7, 11) is 0. The molecule has 4 rings (SSSR count). The fourth-order valence-corrected chi connectivity index (χ4v) is 3.87. The van der Waals surface area contributed by atoms with Crippen molar-refractivity contribution >= 4 is 28.9 Å². The quantitative estimate of drug-likeness (QED) is 0.579. The van der Waals surface area contributed by atoms with Gasteiger partial charge in [0, 0.05) is 21.5 Å². The Morgan fingerprint density at radius 1 is 1.19 bits per heavy atom. The summed E-state index contributed by atoms with van der Waals surface area (Å²) in [5.41, 5.74) is 4.04. The lowest BCUT2D eigenvalue weighted by Gasteiger charge is -2.26. The molecule has 0 spiro atoms. The van der Waals surface area contributed by atoms with Crippen LogP contribution < -0.4 is 0 Å². The monoisotopic (exact) mass is 400 g/mol. The normalized spacial score (nSPS) is 17.7. The third-order valence-corrected chi connectivity index (χ3v) is 5.27. The van der Waals surface area contributed by atoms with E-state index in [1.807, 2.05) is 41.1 Å². The summed E-state index contributed by atoms with van der Waals surface area (Å²) in [6.07, 6.45) is 5.09. The first-order chi connectivity index (χ1) is 13.2. The molecule has 0 amide bonds. The summed E-state index contributed by atoms with van der Waals surface area (Å²) < 4.78 is 1.83. The van der Waals surface area contributed by atoms with Gasteiger partial charge in [-0.05, 0) is 42.2 Å². The fraction of sp³-hybridized carbons (Fsp3) is 0.250. The smallest absolute Gasteiger partial charge is 0.142 e. The Bertz CT molecular complexity index is 956. The number of benzene rings is 2. The number of hydrogen-bond donors (Lipinski definition) is 0. The molecule has 0 bridgehead atoms. The van der Waals surface area contributed by atoms with E-state index >= 15 is 0 Å². The Labute approximate surface area is 167 Å². The van der Waals surface area contributed by atoms with E-state index in [2.05, 4.69) is 21.3 Å². The van der Waals surface area contributed by atoms with Gasteiger partial charge in [-0.15, -0.1) is 0 Å². The minimum atomic E-state index is 0.178. The van der Waals surface area contributed by atoms with Crippen LogP contribution >= 0.6 is 23.2 Å². The maximum atomic E-state index is 6.41. The van der Waals surface area contributed by atoms with Crippen molar-refractivity contribution in [3.63, 3.8) is 0 Å². The van der Waals surface area contributed by atoms with Crippen molar-refractivity contribution in [2.24, 2.45) is 11.1 Å². The van der Waals surface area contributed by atoms with E-state index in [1.165, 1.54) is 0 Å². The molecule has 27 heavy (non-hydrogen) atoms. The van der Waals surface area contributed by atoms with Gasteiger partial charge < -0.3 is 4.84 Å². The molecule has 3 aromatic rings. The highest BCUT2D eigenvalue weighted by atomic mass is 35.5. The SMILES string of the molecule is Clc1cccc(CO/N=C2\c3cccc(Cl)c3CCC2Cn2cncn2)c1. The lowest BCUT2D eigenvalue weighted by Crippen LogP contribution is -2.28. The lowest BCUT2D eigenvalue weighted by molar-refractivity contribution is 0.128. The van der Waals surface area contributed by atoms with Crippen molar-refractivity contribution in [3.8, 4) is 0 Å². The van der Waals surface area contributed by atoms with Crippen LogP contribution in [0.2, 0.25) is 10.0 Å². The van der Waals surface area contributed by atoms with Gasteiger partial charge in [-0.1, -0.05) is 52.6 Å². The van der Waals surface area contributed by atoms with E-state index in [0.717, 1.165) is 40.3 Å². The largest absolute Gasteiger partial charge is 0.391 e. The molecule has 1 heterocycles. The molecule has 5 nitrogen and oxygen atoms in total. The molecule has 0 N–H and O–H groups in total. The zero-order valence-electron chi connectivity index (χ0n) is 14.6. The second kappa shape index (κ2) is 8.11. The fourth-order valence-electron chi connectivity index (χ4n) is 3.39. The Kier molecular flexibility index (Phi) is 5.41. The average molecular weight is 401 g/mol.